The molecule has 0 aromatic heterocycles. The fourth-order valence-corrected chi connectivity index (χ4v) is 2.15. The van der Waals surface area contributed by atoms with Crippen LogP contribution in [0.5, 0.6) is 17.2 Å². The van der Waals surface area contributed by atoms with Crippen LogP contribution >= 0.6 is 0 Å². The summed E-state index contributed by atoms with van der Waals surface area (Å²) in [6, 6.07) is 27.6. The Bertz CT molecular complexity index is 671. The van der Waals surface area contributed by atoms with Gasteiger partial charge in [0.05, 0.1) is 38.6 Å². The van der Waals surface area contributed by atoms with E-state index in [1.807, 2.05) is 36.4 Å². The predicted molar refractivity (Wildman–Crippen MR) is 95.6 cm³/mol. The summed E-state index contributed by atoms with van der Waals surface area (Å²) in [5, 5.41) is 0. The molecule has 1 radical (unpaired) electrons. The maximum Gasteiger partial charge on any atom is 0.0924 e. The molecule has 0 aliphatic heterocycles. The third-order valence-electron chi connectivity index (χ3n) is 3.33. The van der Waals surface area contributed by atoms with Gasteiger partial charge >= 0.3 is 0 Å². The standard InChI is InChI=1S/C12H9.C9H11O3.Y/c1-3-7-11(8-4-1)12-9-5-2-6-10-12;1-10-7-5-4-6-8(11-2)9(7)12-3;/h1-5,7-10H;5-6H,1-3H3;/q2*-1;. The van der Waals surface area contributed by atoms with Gasteiger partial charge in [0.15, 0.2) is 0 Å². The summed E-state index contributed by atoms with van der Waals surface area (Å²) in [4.78, 5) is 0. The van der Waals surface area contributed by atoms with Crippen molar-refractivity contribution in [2.24, 2.45) is 0 Å². The molecule has 0 bridgehead atoms. The van der Waals surface area contributed by atoms with Crippen molar-refractivity contribution in [1.82, 2.24) is 0 Å². The van der Waals surface area contributed by atoms with Crippen molar-refractivity contribution in [2.75, 3.05) is 21.3 Å². The maximum absolute atomic E-state index is 5.09. The van der Waals surface area contributed by atoms with E-state index < -0.39 is 0 Å². The first-order chi connectivity index (χ1) is 11.8. The van der Waals surface area contributed by atoms with Crippen molar-refractivity contribution in [3.05, 3.63) is 78.9 Å². The molecular formula is C21H20O3Y-2. The maximum atomic E-state index is 5.09. The zero-order valence-corrected chi connectivity index (χ0v) is 17.5. The van der Waals surface area contributed by atoms with Crippen LogP contribution in [0.1, 0.15) is 0 Å². The van der Waals surface area contributed by atoms with E-state index in [9.17, 15) is 0 Å². The van der Waals surface area contributed by atoms with Gasteiger partial charge in [-0.3, -0.25) is 0 Å². The van der Waals surface area contributed by atoms with E-state index in [1.165, 1.54) is 11.1 Å². The minimum atomic E-state index is 0. The van der Waals surface area contributed by atoms with Crippen LogP contribution in [0.25, 0.3) is 11.1 Å². The van der Waals surface area contributed by atoms with E-state index in [0.717, 1.165) is 0 Å². The van der Waals surface area contributed by atoms with Crippen LogP contribution in [0.4, 0.5) is 0 Å². The van der Waals surface area contributed by atoms with E-state index >= 15 is 0 Å². The van der Waals surface area contributed by atoms with E-state index in [-0.39, 0.29) is 32.7 Å². The SMILES string of the molecule is COc1c[c-]cc(OC)c1OC.[Y].[c-]1cccc(-c2ccccc2)c1. The van der Waals surface area contributed by atoms with Crippen molar-refractivity contribution in [3.63, 3.8) is 0 Å². The van der Waals surface area contributed by atoms with Gasteiger partial charge in [0, 0.05) is 32.7 Å². The zero-order valence-electron chi connectivity index (χ0n) is 14.7. The quantitative estimate of drug-likeness (QED) is 0.587. The molecule has 0 spiro atoms. The molecule has 0 saturated carbocycles. The number of benzene rings is 3. The Balaban J connectivity index is 0.000000240. The summed E-state index contributed by atoms with van der Waals surface area (Å²) in [7, 11) is 4.72. The van der Waals surface area contributed by atoms with Gasteiger partial charge in [-0.05, 0) is 0 Å². The van der Waals surface area contributed by atoms with Crippen LogP contribution in [0, 0.1) is 12.1 Å². The third-order valence-corrected chi connectivity index (χ3v) is 3.33. The summed E-state index contributed by atoms with van der Waals surface area (Å²) in [6.45, 7) is 0. The molecule has 0 unspecified atom stereocenters. The molecule has 3 aromatic carbocycles. The molecule has 127 valence electrons. The monoisotopic (exact) mass is 409 g/mol. The first-order valence-corrected chi connectivity index (χ1v) is 7.47. The molecule has 0 saturated heterocycles. The number of methoxy groups -OCH3 is 3. The Morgan fingerprint density at radius 2 is 1.24 bits per heavy atom. The fourth-order valence-electron chi connectivity index (χ4n) is 2.15. The van der Waals surface area contributed by atoms with Crippen molar-refractivity contribution in [3.8, 4) is 28.4 Å². The molecule has 0 atom stereocenters. The molecule has 0 aliphatic rings. The molecule has 0 amide bonds. The Morgan fingerprint density at radius 1 is 0.640 bits per heavy atom. The van der Waals surface area contributed by atoms with Crippen LogP contribution in [0.3, 0.4) is 0 Å². The van der Waals surface area contributed by atoms with Gasteiger partial charge < -0.3 is 14.2 Å². The molecule has 3 aromatic rings. The van der Waals surface area contributed by atoms with Gasteiger partial charge in [-0.25, -0.2) is 0 Å². The number of ether oxygens (including phenoxy) is 3. The number of hydrogen-bond acceptors (Lipinski definition) is 3. The summed E-state index contributed by atoms with van der Waals surface area (Å²) < 4.78 is 15.2. The van der Waals surface area contributed by atoms with Crippen LogP contribution in [-0.2, 0) is 32.7 Å². The first-order valence-electron chi connectivity index (χ1n) is 7.47. The Hall–Kier alpha value is -1.84. The topological polar surface area (TPSA) is 27.7 Å². The predicted octanol–water partition coefficient (Wildman–Crippen LogP) is 4.66. The second kappa shape index (κ2) is 11.7. The van der Waals surface area contributed by atoms with E-state index in [2.05, 4.69) is 30.3 Å². The van der Waals surface area contributed by atoms with Gasteiger partial charge in [0.2, 0.25) is 0 Å². The minimum absolute atomic E-state index is 0. The normalized spacial score (nSPS) is 9.08. The average Bonchev–Trinajstić information content (AvgIpc) is 2.69. The van der Waals surface area contributed by atoms with Crippen molar-refractivity contribution in [1.29, 1.82) is 0 Å². The van der Waals surface area contributed by atoms with Crippen LogP contribution in [0.2, 0.25) is 0 Å². The third kappa shape index (κ3) is 6.19. The van der Waals surface area contributed by atoms with Gasteiger partial charge in [0.25, 0.3) is 0 Å². The van der Waals surface area contributed by atoms with E-state index in [0.29, 0.717) is 17.2 Å². The molecule has 3 nitrogen and oxygen atoms in total. The largest absolute Gasteiger partial charge is 0.550 e. The van der Waals surface area contributed by atoms with Gasteiger partial charge in [-0.15, -0.1) is 17.7 Å². The van der Waals surface area contributed by atoms with E-state index in [1.54, 1.807) is 33.5 Å². The second-order valence-corrected chi connectivity index (χ2v) is 4.78. The molecule has 0 heterocycles. The Labute approximate surface area is 174 Å². The summed E-state index contributed by atoms with van der Waals surface area (Å²) in [6.07, 6.45) is 0. The second-order valence-electron chi connectivity index (χ2n) is 4.78. The summed E-state index contributed by atoms with van der Waals surface area (Å²) >= 11 is 0. The molecule has 25 heavy (non-hydrogen) atoms. The minimum Gasteiger partial charge on any atom is -0.550 e. The molecule has 0 aliphatic carbocycles. The average molecular weight is 409 g/mol. The first kappa shape index (κ1) is 21.2. The van der Waals surface area contributed by atoms with Crippen molar-refractivity contribution < 1.29 is 46.9 Å². The smallest absolute Gasteiger partial charge is 0.0924 e. The molecule has 3 rings (SSSR count). The Kier molecular flexibility index (Phi) is 9.90. The summed E-state index contributed by atoms with van der Waals surface area (Å²) in [5.41, 5.74) is 2.47. The molecule has 0 fully saturated rings. The number of hydrogen-bond donors (Lipinski definition) is 0. The summed E-state index contributed by atoms with van der Waals surface area (Å²) in [5.74, 6) is 1.84. The van der Waals surface area contributed by atoms with Crippen molar-refractivity contribution >= 4 is 0 Å². The fraction of sp³-hybridized carbons (Fsp3) is 0.143. The van der Waals surface area contributed by atoms with Crippen LogP contribution in [-0.4, -0.2) is 21.3 Å². The van der Waals surface area contributed by atoms with Crippen molar-refractivity contribution in [2.45, 2.75) is 0 Å². The van der Waals surface area contributed by atoms with Gasteiger partial charge in [0.1, 0.15) is 0 Å². The number of rotatable bonds is 4. The van der Waals surface area contributed by atoms with Gasteiger partial charge in [-0.2, -0.15) is 36.4 Å². The Morgan fingerprint density at radius 3 is 1.72 bits per heavy atom. The molecule has 0 N–H and O–H groups in total. The molecular weight excluding hydrogens is 389 g/mol. The van der Waals surface area contributed by atoms with Gasteiger partial charge in [-0.1, -0.05) is 35.9 Å². The van der Waals surface area contributed by atoms with E-state index in [4.69, 9.17) is 14.2 Å². The van der Waals surface area contributed by atoms with Crippen LogP contribution < -0.4 is 14.2 Å². The van der Waals surface area contributed by atoms with Crippen LogP contribution in [0.15, 0.2) is 66.7 Å². The molecule has 4 heteroatoms. The zero-order chi connectivity index (χ0) is 17.2.